The summed E-state index contributed by atoms with van der Waals surface area (Å²) in [6, 6.07) is 14.3. The van der Waals surface area contributed by atoms with Crippen LogP contribution in [0, 0.1) is 6.92 Å². The molecule has 1 amide bonds. The number of rotatable bonds is 5. The second kappa shape index (κ2) is 7.94. The van der Waals surface area contributed by atoms with Crippen molar-refractivity contribution in [2.75, 3.05) is 13.1 Å². The number of hydrogen-bond donors (Lipinski definition) is 1. The summed E-state index contributed by atoms with van der Waals surface area (Å²) in [6.45, 7) is 6.73. The van der Waals surface area contributed by atoms with Crippen molar-refractivity contribution in [1.29, 1.82) is 0 Å². The van der Waals surface area contributed by atoms with E-state index in [1.54, 1.807) is 17.1 Å². The van der Waals surface area contributed by atoms with E-state index in [1.165, 1.54) is 11.1 Å². The molecule has 1 atom stereocenters. The molecule has 6 nitrogen and oxygen atoms in total. The highest BCUT2D eigenvalue weighted by atomic mass is 16.1. The monoisotopic (exact) mass is 375 g/mol. The molecule has 0 saturated heterocycles. The summed E-state index contributed by atoms with van der Waals surface area (Å²) in [5, 5.41) is 7.46. The minimum absolute atomic E-state index is 0.0513. The lowest BCUT2D eigenvalue weighted by molar-refractivity contribution is 0.0926. The first kappa shape index (κ1) is 18.4. The van der Waals surface area contributed by atoms with Gasteiger partial charge in [-0.2, -0.15) is 5.10 Å². The SMILES string of the molecule is Cc1c(C(=O)N[C@H](C)CN2CCc3ccccc3C2)cnn1-c1ccccn1. The fourth-order valence-corrected chi connectivity index (χ4v) is 3.79. The summed E-state index contributed by atoms with van der Waals surface area (Å²) in [7, 11) is 0. The van der Waals surface area contributed by atoms with Gasteiger partial charge in [0.1, 0.15) is 0 Å². The summed E-state index contributed by atoms with van der Waals surface area (Å²) in [5.41, 5.74) is 4.20. The fourth-order valence-electron chi connectivity index (χ4n) is 3.79. The van der Waals surface area contributed by atoms with E-state index >= 15 is 0 Å². The number of carbonyl (C=O) groups is 1. The molecule has 0 bridgehead atoms. The van der Waals surface area contributed by atoms with Crippen LogP contribution < -0.4 is 5.32 Å². The highest BCUT2D eigenvalue weighted by Crippen LogP contribution is 2.18. The molecule has 3 aromatic rings. The van der Waals surface area contributed by atoms with Crippen molar-refractivity contribution < 1.29 is 4.79 Å². The minimum atomic E-state index is -0.0930. The van der Waals surface area contributed by atoms with Crippen molar-refractivity contribution in [2.45, 2.75) is 32.9 Å². The standard InChI is InChI=1S/C22H25N5O/c1-16(14-26-12-10-18-7-3-4-8-19(18)15-26)25-22(28)20-13-24-27(17(20)2)21-9-5-6-11-23-21/h3-9,11,13,16H,10,12,14-15H2,1-2H3,(H,25,28)/t16-/m1/s1. The Labute approximate surface area is 165 Å². The lowest BCUT2D eigenvalue weighted by Gasteiger charge is -2.31. The Morgan fingerprint density at radius 3 is 2.75 bits per heavy atom. The summed E-state index contributed by atoms with van der Waals surface area (Å²) in [5.74, 6) is 0.615. The van der Waals surface area contributed by atoms with Gasteiger partial charge in [0.25, 0.3) is 5.91 Å². The molecule has 0 fully saturated rings. The normalized spacial score (nSPS) is 15.1. The second-order valence-corrected chi connectivity index (χ2v) is 7.37. The minimum Gasteiger partial charge on any atom is -0.348 e. The van der Waals surface area contributed by atoms with Gasteiger partial charge in [-0.1, -0.05) is 30.3 Å². The first-order valence-electron chi connectivity index (χ1n) is 9.68. The summed E-state index contributed by atoms with van der Waals surface area (Å²) in [6.07, 6.45) is 4.39. The molecule has 1 aliphatic heterocycles. The van der Waals surface area contributed by atoms with E-state index in [2.05, 4.69) is 51.5 Å². The quantitative estimate of drug-likeness (QED) is 0.745. The zero-order chi connectivity index (χ0) is 19.5. The van der Waals surface area contributed by atoms with Gasteiger partial charge in [0.2, 0.25) is 0 Å². The number of aromatic nitrogens is 3. The van der Waals surface area contributed by atoms with E-state index in [1.807, 2.05) is 25.1 Å². The molecule has 0 aliphatic carbocycles. The van der Waals surface area contributed by atoms with Crippen LogP contribution in [0.15, 0.2) is 54.9 Å². The molecule has 3 heterocycles. The maximum Gasteiger partial charge on any atom is 0.255 e. The molecule has 6 heteroatoms. The van der Waals surface area contributed by atoms with Crippen molar-refractivity contribution in [3.63, 3.8) is 0 Å². The van der Waals surface area contributed by atoms with Crippen LogP contribution in [-0.2, 0) is 13.0 Å². The van der Waals surface area contributed by atoms with Gasteiger partial charge in [0.15, 0.2) is 5.82 Å². The van der Waals surface area contributed by atoms with Gasteiger partial charge in [-0.25, -0.2) is 9.67 Å². The fraction of sp³-hybridized carbons (Fsp3) is 0.318. The molecular weight excluding hydrogens is 350 g/mol. The molecule has 2 aromatic heterocycles. The Hall–Kier alpha value is -2.99. The molecular formula is C22H25N5O. The van der Waals surface area contributed by atoms with E-state index in [0.717, 1.165) is 31.7 Å². The van der Waals surface area contributed by atoms with E-state index in [0.29, 0.717) is 11.4 Å². The van der Waals surface area contributed by atoms with Crippen LogP contribution in [0.5, 0.6) is 0 Å². The molecule has 144 valence electrons. The van der Waals surface area contributed by atoms with Gasteiger partial charge in [-0.05, 0) is 43.5 Å². The topological polar surface area (TPSA) is 63.1 Å². The average Bonchev–Trinajstić information content (AvgIpc) is 3.10. The highest BCUT2D eigenvalue weighted by molar-refractivity contribution is 5.95. The van der Waals surface area contributed by atoms with Crippen LogP contribution in [0.1, 0.15) is 34.1 Å². The molecule has 0 radical (unpaired) electrons. The molecule has 1 aromatic carbocycles. The first-order chi connectivity index (χ1) is 13.6. The van der Waals surface area contributed by atoms with Gasteiger partial charge in [0, 0.05) is 31.9 Å². The Balaban J connectivity index is 1.38. The molecule has 28 heavy (non-hydrogen) atoms. The van der Waals surface area contributed by atoms with E-state index in [9.17, 15) is 4.79 Å². The van der Waals surface area contributed by atoms with Crippen molar-refractivity contribution in [3.8, 4) is 5.82 Å². The summed E-state index contributed by atoms with van der Waals surface area (Å²) >= 11 is 0. The number of pyridine rings is 1. The van der Waals surface area contributed by atoms with Crippen molar-refractivity contribution in [1.82, 2.24) is 25.0 Å². The lowest BCUT2D eigenvalue weighted by atomic mass is 9.99. The third kappa shape index (κ3) is 3.82. The van der Waals surface area contributed by atoms with Crippen molar-refractivity contribution in [2.24, 2.45) is 0 Å². The molecule has 0 unspecified atom stereocenters. The molecule has 1 aliphatic rings. The van der Waals surface area contributed by atoms with E-state index < -0.39 is 0 Å². The van der Waals surface area contributed by atoms with Crippen LogP contribution in [0.25, 0.3) is 5.82 Å². The maximum absolute atomic E-state index is 12.8. The van der Waals surface area contributed by atoms with Gasteiger partial charge >= 0.3 is 0 Å². The zero-order valence-electron chi connectivity index (χ0n) is 16.3. The second-order valence-electron chi connectivity index (χ2n) is 7.37. The summed E-state index contributed by atoms with van der Waals surface area (Å²) in [4.78, 5) is 19.5. The van der Waals surface area contributed by atoms with Gasteiger partial charge < -0.3 is 5.32 Å². The summed E-state index contributed by atoms with van der Waals surface area (Å²) < 4.78 is 1.70. The number of amides is 1. The van der Waals surface area contributed by atoms with Crippen molar-refractivity contribution in [3.05, 3.63) is 77.2 Å². The predicted molar refractivity (Wildman–Crippen MR) is 108 cm³/mol. The third-order valence-electron chi connectivity index (χ3n) is 5.24. The van der Waals surface area contributed by atoms with E-state index in [-0.39, 0.29) is 11.9 Å². The average molecular weight is 375 g/mol. The van der Waals surface area contributed by atoms with Crippen LogP contribution in [-0.4, -0.2) is 44.7 Å². The Morgan fingerprint density at radius 1 is 1.18 bits per heavy atom. The third-order valence-corrected chi connectivity index (χ3v) is 5.24. The first-order valence-corrected chi connectivity index (χ1v) is 9.68. The molecule has 1 N–H and O–H groups in total. The predicted octanol–water partition coefficient (Wildman–Crippen LogP) is 2.75. The lowest BCUT2D eigenvalue weighted by Crippen LogP contribution is -2.43. The Kier molecular flexibility index (Phi) is 5.21. The molecule has 4 rings (SSSR count). The van der Waals surface area contributed by atoms with E-state index in [4.69, 9.17) is 0 Å². The van der Waals surface area contributed by atoms with Crippen LogP contribution in [0.4, 0.5) is 0 Å². The largest absolute Gasteiger partial charge is 0.348 e. The Bertz CT molecular complexity index is 966. The van der Waals surface area contributed by atoms with Gasteiger partial charge in [-0.3, -0.25) is 9.69 Å². The number of fused-ring (bicyclic) bond motifs is 1. The van der Waals surface area contributed by atoms with Crippen molar-refractivity contribution >= 4 is 5.91 Å². The number of hydrogen-bond acceptors (Lipinski definition) is 4. The number of carbonyl (C=O) groups excluding carboxylic acids is 1. The van der Waals surface area contributed by atoms with Crippen LogP contribution >= 0.6 is 0 Å². The number of nitrogens with zero attached hydrogens (tertiary/aromatic N) is 4. The maximum atomic E-state index is 12.8. The Morgan fingerprint density at radius 2 is 1.96 bits per heavy atom. The van der Waals surface area contributed by atoms with Crippen LogP contribution in [0.2, 0.25) is 0 Å². The van der Waals surface area contributed by atoms with Gasteiger partial charge in [-0.15, -0.1) is 0 Å². The number of benzene rings is 1. The smallest absolute Gasteiger partial charge is 0.255 e. The number of nitrogens with one attached hydrogen (secondary N) is 1. The van der Waals surface area contributed by atoms with Crippen LogP contribution in [0.3, 0.4) is 0 Å². The van der Waals surface area contributed by atoms with Gasteiger partial charge in [0.05, 0.1) is 17.5 Å². The zero-order valence-corrected chi connectivity index (χ0v) is 16.3. The molecule has 0 spiro atoms. The molecule has 0 saturated carbocycles. The highest BCUT2D eigenvalue weighted by Gasteiger charge is 2.21.